The Bertz CT molecular complexity index is 325. The second-order valence-corrected chi connectivity index (χ2v) is 6.61. The Hall–Kier alpha value is -0.650. The molecular formula is C16H31N3O2. The molecule has 2 saturated heterocycles. The van der Waals surface area contributed by atoms with Gasteiger partial charge in [0, 0.05) is 19.6 Å². The molecule has 1 amide bonds. The summed E-state index contributed by atoms with van der Waals surface area (Å²) in [7, 11) is 0. The van der Waals surface area contributed by atoms with Gasteiger partial charge in [-0.2, -0.15) is 0 Å². The minimum atomic E-state index is -0.276. The summed E-state index contributed by atoms with van der Waals surface area (Å²) in [6.45, 7) is 7.25. The molecular weight excluding hydrogens is 266 g/mol. The van der Waals surface area contributed by atoms with E-state index in [1.165, 1.54) is 25.9 Å². The standard InChI is InChI=1S/C16H31N3O2/c1-13-5-4-10-19(12-13)9-3-2-8-18-16(20)15-7-6-14(11-17)21-15/h13-15H,2-12,17H2,1H3,(H,18,20)/t13?,14-,15+/m1/s1. The summed E-state index contributed by atoms with van der Waals surface area (Å²) < 4.78 is 5.59. The molecule has 0 aromatic rings. The van der Waals surface area contributed by atoms with Crippen LogP contribution in [0.1, 0.15) is 45.4 Å². The molecule has 3 N–H and O–H groups in total. The number of hydrogen-bond donors (Lipinski definition) is 2. The van der Waals surface area contributed by atoms with E-state index in [-0.39, 0.29) is 18.1 Å². The van der Waals surface area contributed by atoms with Crippen LogP contribution in [-0.4, -0.2) is 55.7 Å². The number of nitrogens with one attached hydrogen (secondary N) is 1. The van der Waals surface area contributed by atoms with E-state index in [4.69, 9.17) is 10.5 Å². The van der Waals surface area contributed by atoms with E-state index in [1.807, 2.05) is 0 Å². The second kappa shape index (κ2) is 8.71. The average molecular weight is 297 g/mol. The van der Waals surface area contributed by atoms with E-state index in [9.17, 15) is 4.79 Å². The number of likely N-dealkylation sites (tertiary alicyclic amines) is 1. The lowest BCUT2D eigenvalue weighted by Crippen LogP contribution is -2.37. The van der Waals surface area contributed by atoms with Crippen LogP contribution >= 0.6 is 0 Å². The van der Waals surface area contributed by atoms with Crippen molar-refractivity contribution in [1.29, 1.82) is 0 Å². The Morgan fingerprint density at radius 1 is 1.33 bits per heavy atom. The fraction of sp³-hybridized carbons (Fsp3) is 0.938. The Labute approximate surface area is 128 Å². The predicted molar refractivity (Wildman–Crippen MR) is 84.0 cm³/mol. The Balaban J connectivity index is 1.50. The van der Waals surface area contributed by atoms with Gasteiger partial charge in [0.1, 0.15) is 6.10 Å². The van der Waals surface area contributed by atoms with Crippen LogP contribution in [0.2, 0.25) is 0 Å². The van der Waals surface area contributed by atoms with Gasteiger partial charge in [0.2, 0.25) is 5.91 Å². The number of amides is 1. The molecule has 1 unspecified atom stereocenters. The van der Waals surface area contributed by atoms with Crippen molar-refractivity contribution < 1.29 is 9.53 Å². The van der Waals surface area contributed by atoms with E-state index in [1.54, 1.807) is 0 Å². The molecule has 0 aliphatic carbocycles. The molecule has 2 aliphatic heterocycles. The van der Waals surface area contributed by atoms with Crippen LogP contribution in [0.4, 0.5) is 0 Å². The molecule has 2 heterocycles. The zero-order chi connectivity index (χ0) is 15.1. The first-order chi connectivity index (χ1) is 10.2. The van der Waals surface area contributed by atoms with E-state index >= 15 is 0 Å². The van der Waals surface area contributed by atoms with Crippen LogP contribution in [0, 0.1) is 5.92 Å². The first kappa shape index (κ1) is 16.7. The van der Waals surface area contributed by atoms with Crippen molar-refractivity contribution in [2.75, 3.05) is 32.7 Å². The number of rotatable bonds is 7. The van der Waals surface area contributed by atoms with Crippen LogP contribution in [-0.2, 0) is 9.53 Å². The van der Waals surface area contributed by atoms with Crippen molar-refractivity contribution in [2.45, 2.75) is 57.7 Å². The summed E-state index contributed by atoms with van der Waals surface area (Å²) in [5.41, 5.74) is 5.56. The van der Waals surface area contributed by atoms with Crippen LogP contribution in [0.3, 0.4) is 0 Å². The highest BCUT2D eigenvalue weighted by Crippen LogP contribution is 2.19. The van der Waals surface area contributed by atoms with Gasteiger partial charge in [-0.05, 0) is 57.5 Å². The van der Waals surface area contributed by atoms with Crippen molar-refractivity contribution in [3.63, 3.8) is 0 Å². The maximum Gasteiger partial charge on any atom is 0.249 e. The number of unbranched alkanes of at least 4 members (excludes halogenated alkanes) is 1. The fourth-order valence-electron chi connectivity index (χ4n) is 3.35. The second-order valence-electron chi connectivity index (χ2n) is 6.61. The molecule has 3 atom stereocenters. The molecule has 122 valence electrons. The minimum Gasteiger partial charge on any atom is -0.364 e. The predicted octanol–water partition coefficient (Wildman–Crippen LogP) is 1.12. The first-order valence-electron chi connectivity index (χ1n) is 8.54. The highest BCUT2D eigenvalue weighted by atomic mass is 16.5. The van der Waals surface area contributed by atoms with Crippen LogP contribution in [0.15, 0.2) is 0 Å². The summed E-state index contributed by atoms with van der Waals surface area (Å²) >= 11 is 0. The van der Waals surface area contributed by atoms with Gasteiger partial charge in [-0.15, -0.1) is 0 Å². The molecule has 2 aliphatic rings. The number of carbonyl (C=O) groups is 1. The molecule has 2 fully saturated rings. The maximum atomic E-state index is 11.9. The van der Waals surface area contributed by atoms with Crippen LogP contribution < -0.4 is 11.1 Å². The number of nitrogens with two attached hydrogens (primary N) is 1. The van der Waals surface area contributed by atoms with Crippen LogP contribution in [0.5, 0.6) is 0 Å². The quantitative estimate of drug-likeness (QED) is 0.691. The van der Waals surface area contributed by atoms with E-state index in [0.717, 1.165) is 44.7 Å². The fourth-order valence-corrected chi connectivity index (χ4v) is 3.35. The van der Waals surface area contributed by atoms with Gasteiger partial charge in [-0.25, -0.2) is 0 Å². The lowest BCUT2D eigenvalue weighted by atomic mass is 10.0. The van der Waals surface area contributed by atoms with E-state index in [2.05, 4.69) is 17.1 Å². The average Bonchev–Trinajstić information content (AvgIpc) is 2.96. The SMILES string of the molecule is CC1CCCN(CCCCNC(=O)[C@@H]2CC[C@H](CN)O2)C1. The molecule has 0 radical (unpaired) electrons. The number of ether oxygens (including phenoxy) is 1. The highest BCUT2D eigenvalue weighted by Gasteiger charge is 2.29. The third kappa shape index (κ3) is 5.57. The molecule has 21 heavy (non-hydrogen) atoms. The lowest BCUT2D eigenvalue weighted by molar-refractivity contribution is -0.131. The number of hydrogen-bond acceptors (Lipinski definition) is 4. The zero-order valence-corrected chi connectivity index (χ0v) is 13.4. The molecule has 5 nitrogen and oxygen atoms in total. The van der Waals surface area contributed by atoms with Gasteiger partial charge < -0.3 is 20.7 Å². The van der Waals surface area contributed by atoms with Gasteiger partial charge in [0.05, 0.1) is 6.10 Å². The maximum absolute atomic E-state index is 11.9. The van der Waals surface area contributed by atoms with Gasteiger partial charge in [0.15, 0.2) is 0 Å². The molecule has 5 heteroatoms. The normalized spacial score (nSPS) is 30.5. The third-order valence-corrected chi connectivity index (χ3v) is 4.60. The Kier molecular flexibility index (Phi) is 6.93. The van der Waals surface area contributed by atoms with Gasteiger partial charge in [-0.3, -0.25) is 4.79 Å². The van der Waals surface area contributed by atoms with Crippen LogP contribution in [0.25, 0.3) is 0 Å². The van der Waals surface area contributed by atoms with Crippen molar-refractivity contribution in [3.05, 3.63) is 0 Å². The topological polar surface area (TPSA) is 67.6 Å². The molecule has 0 bridgehead atoms. The number of carbonyl (C=O) groups excluding carboxylic acids is 1. The summed E-state index contributed by atoms with van der Waals surface area (Å²) in [6.07, 6.45) is 6.41. The molecule has 0 saturated carbocycles. The summed E-state index contributed by atoms with van der Waals surface area (Å²) in [6, 6.07) is 0. The largest absolute Gasteiger partial charge is 0.364 e. The first-order valence-corrected chi connectivity index (χ1v) is 8.54. The van der Waals surface area contributed by atoms with E-state index in [0.29, 0.717) is 6.54 Å². The zero-order valence-electron chi connectivity index (χ0n) is 13.4. The smallest absolute Gasteiger partial charge is 0.249 e. The summed E-state index contributed by atoms with van der Waals surface area (Å²) in [5, 5.41) is 2.99. The summed E-state index contributed by atoms with van der Waals surface area (Å²) in [5.74, 6) is 0.881. The van der Waals surface area contributed by atoms with Crippen molar-refractivity contribution >= 4 is 5.91 Å². The molecule has 0 aromatic carbocycles. The third-order valence-electron chi connectivity index (χ3n) is 4.60. The van der Waals surface area contributed by atoms with Crippen molar-refractivity contribution in [1.82, 2.24) is 10.2 Å². The van der Waals surface area contributed by atoms with Gasteiger partial charge >= 0.3 is 0 Å². The Morgan fingerprint density at radius 2 is 2.19 bits per heavy atom. The molecule has 0 aromatic heterocycles. The van der Waals surface area contributed by atoms with Gasteiger partial charge in [-0.1, -0.05) is 6.92 Å². The van der Waals surface area contributed by atoms with Crippen molar-refractivity contribution in [3.8, 4) is 0 Å². The number of piperidine rings is 1. The Morgan fingerprint density at radius 3 is 2.90 bits per heavy atom. The van der Waals surface area contributed by atoms with E-state index < -0.39 is 0 Å². The summed E-state index contributed by atoms with van der Waals surface area (Å²) in [4.78, 5) is 14.5. The minimum absolute atomic E-state index is 0.0394. The highest BCUT2D eigenvalue weighted by molar-refractivity contribution is 5.80. The molecule has 2 rings (SSSR count). The monoisotopic (exact) mass is 297 g/mol. The lowest BCUT2D eigenvalue weighted by Gasteiger charge is -2.30. The molecule has 0 spiro atoms. The van der Waals surface area contributed by atoms with Crippen molar-refractivity contribution in [2.24, 2.45) is 11.7 Å². The number of nitrogens with zero attached hydrogens (tertiary/aromatic N) is 1. The van der Waals surface area contributed by atoms with Gasteiger partial charge in [0.25, 0.3) is 0 Å².